The van der Waals surface area contributed by atoms with Crippen molar-refractivity contribution < 1.29 is 30.0 Å². The molecule has 1 saturated heterocycles. The van der Waals surface area contributed by atoms with Gasteiger partial charge in [0.05, 0.1) is 0 Å². The van der Waals surface area contributed by atoms with E-state index in [1.54, 1.807) is 20.8 Å². The van der Waals surface area contributed by atoms with E-state index in [0.717, 1.165) is 0 Å². The lowest BCUT2D eigenvalue weighted by Crippen LogP contribution is -2.61. The summed E-state index contributed by atoms with van der Waals surface area (Å²) < 4.78 is 4.82. The Morgan fingerprint density at radius 2 is 1.50 bits per heavy atom. The van der Waals surface area contributed by atoms with Crippen molar-refractivity contribution in [3.8, 4) is 0 Å². The Hall–Kier alpha value is -0.530. The van der Waals surface area contributed by atoms with E-state index in [1.165, 1.54) is 0 Å². The first-order chi connectivity index (χ1) is 7.16. The van der Waals surface area contributed by atoms with Gasteiger partial charge in [0, 0.05) is 5.41 Å². The molecular weight excluding hydrogens is 216 g/mol. The molecule has 0 aromatic rings. The van der Waals surface area contributed by atoms with Crippen LogP contribution in [-0.2, 0) is 9.53 Å². The molecule has 5 atom stereocenters. The van der Waals surface area contributed by atoms with E-state index in [2.05, 4.69) is 0 Å². The smallest absolute Gasteiger partial charge is 0.184 e. The molecule has 6 heteroatoms. The highest BCUT2D eigenvalue weighted by Gasteiger charge is 2.48. The minimum absolute atomic E-state index is 0.440. The molecule has 0 radical (unpaired) electrons. The minimum atomic E-state index is -1.67. The summed E-state index contributed by atoms with van der Waals surface area (Å²) in [4.78, 5) is 11.8. The van der Waals surface area contributed by atoms with Crippen LogP contribution in [0.1, 0.15) is 20.8 Å². The van der Waals surface area contributed by atoms with Crippen LogP contribution in [0.25, 0.3) is 0 Å². The lowest BCUT2D eigenvalue weighted by molar-refractivity contribution is -0.276. The fraction of sp³-hybridized carbons (Fsp3) is 0.900. The van der Waals surface area contributed by atoms with E-state index < -0.39 is 41.9 Å². The maximum atomic E-state index is 11.8. The first-order valence-electron chi connectivity index (χ1n) is 5.08. The third-order valence-corrected chi connectivity index (χ3v) is 2.59. The van der Waals surface area contributed by atoms with Crippen LogP contribution in [-0.4, -0.2) is 56.9 Å². The van der Waals surface area contributed by atoms with Crippen molar-refractivity contribution in [1.82, 2.24) is 0 Å². The molecule has 0 saturated carbocycles. The molecule has 1 aliphatic rings. The molecule has 94 valence electrons. The van der Waals surface area contributed by atoms with Gasteiger partial charge in [0.15, 0.2) is 12.1 Å². The van der Waals surface area contributed by atoms with Crippen molar-refractivity contribution >= 4 is 5.78 Å². The quantitative estimate of drug-likeness (QED) is 0.435. The summed E-state index contributed by atoms with van der Waals surface area (Å²) in [5.74, 6) is -0.440. The molecule has 0 aromatic carbocycles. The number of carbonyl (C=O) groups excluding carboxylic acids is 1. The van der Waals surface area contributed by atoms with Gasteiger partial charge in [0.2, 0.25) is 0 Å². The van der Waals surface area contributed by atoms with Crippen molar-refractivity contribution in [2.45, 2.75) is 51.5 Å². The average Bonchev–Trinajstić information content (AvgIpc) is 2.18. The molecule has 0 amide bonds. The molecule has 6 nitrogen and oxygen atoms in total. The van der Waals surface area contributed by atoms with Gasteiger partial charge in [-0.3, -0.25) is 4.79 Å². The van der Waals surface area contributed by atoms with Crippen LogP contribution in [0, 0.1) is 5.41 Å². The monoisotopic (exact) mass is 234 g/mol. The molecule has 0 aromatic heterocycles. The van der Waals surface area contributed by atoms with Gasteiger partial charge in [-0.15, -0.1) is 0 Å². The number of aliphatic hydroxyl groups excluding tert-OH is 4. The molecule has 1 rings (SSSR count). The first-order valence-corrected chi connectivity index (χ1v) is 5.08. The number of rotatable bonds is 1. The van der Waals surface area contributed by atoms with Crippen LogP contribution in [0.3, 0.4) is 0 Å². The standard InChI is InChI=1S/C10H18O6/c1-10(2,3)8(14)7-5(12)4(11)6(13)9(15)16-7/h4-7,9,11-13,15H,1-3H3/t4-,5-,6?,7?,9+/m0/s1. The third kappa shape index (κ3) is 2.41. The predicted molar refractivity (Wildman–Crippen MR) is 53.4 cm³/mol. The van der Waals surface area contributed by atoms with E-state index in [0.29, 0.717) is 0 Å². The summed E-state index contributed by atoms with van der Waals surface area (Å²) in [6.07, 6.45) is -7.74. The molecular formula is C10H18O6. The van der Waals surface area contributed by atoms with E-state index in [4.69, 9.17) is 4.74 Å². The zero-order valence-corrected chi connectivity index (χ0v) is 9.49. The largest absolute Gasteiger partial charge is 0.387 e. The molecule has 1 fully saturated rings. The summed E-state index contributed by atoms with van der Waals surface area (Å²) in [6, 6.07) is 0. The normalized spacial score (nSPS) is 40.8. The molecule has 16 heavy (non-hydrogen) atoms. The van der Waals surface area contributed by atoms with Gasteiger partial charge in [-0.2, -0.15) is 0 Å². The van der Waals surface area contributed by atoms with E-state index in [-0.39, 0.29) is 0 Å². The Balaban J connectivity index is 2.86. The highest BCUT2D eigenvalue weighted by atomic mass is 16.6. The minimum Gasteiger partial charge on any atom is -0.387 e. The Bertz CT molecular complexity index is 271. The van der Waals surface area contributed by atoms with Crippen LogP contribution >= 0.6 is 0 Å². The van der Waals surface area contributed by atoms with Crippen molar-refractivity contribution in [3.05, 3.63) is 0 Å². The second kappa shape index (κ2) is 4.38. The number of ketones is 1. The van der Waals surface area contributed by atoms with Crippen molar-refractivity contribution in [3.63, 3.8) is 0 Å². The van der Waals surface area contributed by atoms with Gasteiger partial charge in [0.1, 0.15) is 24.4 Å². The van der Waals surface area contributed by atoms with Gasteiger partial charge in [-0.1, -0.05) is 20.8 Å². The van der Waals surface area contributed by atoms with Gasteiger partial charge >= 0.3 is 0 Å². The second-order valence-corrected chi connectivity index (χ2v) is 5.03. The molecule has 0 aliphatic carbocycles. The van der Waals surface area contributed by atoms with Crippen LogP contribution in [0.4, 0.5) is 0 Å². The Labute approximate surface area is 93.5 Å². The number of hydrogen-bond acceptors (Lipinski definition) is 6. The Morgan fingerprint density at radius 1 is 1.00 bits per heavy atom. The van der Waals surface area contributed by atoms with Crippen LogP contribution in [0.5, 0.6) is 0 Å². The maximum absolute atomic E-state index is 11.8. The summed E-state index contributed by atoms with van der Waals surface area (Å²) in [5, 5.41) is 37.5. The topological polar surface area (TPSA) is 107 Å². The lowest BCUT2D eigenvalue weighted by atomic mass is 9.83. The summed E-state index contributed by atoms with van der Waals surface area (Å²) in [6.45, 7) is 4.90. The summed E-state index contributed by atoms with van der Waals surface area (Å²) in [7, 11) is 0. The summed E-state index contributed by atoms with van der Waals surface area (Å²) >= 11 is 0. The molecule has 0 spiro atoms. The zero-order chi connectivity index (χ0) is 12.7. The lowest BCUT2D eigenvalue weighted by Gasteiger charge is -2.39. The molecule has 4 N–H and O–H groups in total. The maximum Gasteiger partial charge on any atom is 0.184 e. The highest BCUT2D eigenvalue weighted by molar-refractivity contribution is 5.88. The Morgan fingerprint density at radius 3 is 1.94 bits per heavy atom. The molecule has 0 bridgehead atoms. The van der Waals surface area contributed by atoms with Crippen LogP contribution < -0.4 is 0 Å². The summed E-state index contributed by atoms with van der Waals surface area (Å²) in [5.41, 5.74) is -0.770. The highest BCUT2D eigenvalue weighted by Crippen LogP contribution is 2.26. The second-order valence-electron chi connectivity index (χ2n) is 5.03. The van der Waals surface area contributed by atoms with Crippen LogP contribution in [0.2, 0.25) is 0 Å². The molecule has 1 aliphatic heterocycles. The van der Waals surface area contributed by atoms with E-state index in [9.17, 15) is 25.2 Å². The average molecular weight is 234 g/mol. The number of aliphatic hydroxyl groups is 4. The number of hydrogen-bond donors (Lipinski definition) is 4. The van der Waals surface area contributed by atoms with Gasteiger partial charge in [-0.25, -0.2) is 0 Å². The van der Waals surface area contributed by atoms with Crippen molar-refractivity contribution in [2.75, 3.05) is 0 Å². The van der Waals surface area contributed by atoms with Crippen LogP contribution in [0.15, 0.2) is 0 Å². The first kappa shape index (κ1) is 13.5. The fourth-order valence-corrected chi connectivity index (χ4v) is 1.50. The van der Waals surface area contributed by atoms with Gasteiger partial charge < -0.3 is 25.2 Å². The van der Waals surface area contributed by atoms with Crippen molar-refractivity contribution in [1.29, 1.82) is 0 Å². The van der Waals surface area contributed by atoms with Gasteiger partial charge in [-0.05, 0) is 0 Å². The molecule has 1 heterocycles. The number of Topliss-reactive ketones (excluding diaryl/α,β-unsaturated/α-hetero) is 1. The van der Waals surface area contributed by atoms with E-state index >= 15 is 0 Å². The van der Waals surface area contributed by atoms with E-state index in [1.807, 2.05) is 0 Å². The number of ether oxygens (including phenoxy) is 1. The number of carbonyl (C=O) groups is 1. The fourth-order valence-electron chi connectivity index (χ4n) is 1.50. The SMILES string of the molecule is CC(C)(C)C(=O)C1O[C@@H](O)C(O)[C@@H](O)[C@@H]1O. The zero-order valence-electron chi connectivity index (χ0n) is 9.49. The van der Waals surface area contributed by atoms with Crippen molar-refractivity contribution in [2.24, 2.45) is 5.41 Å². The Kier molecular flexibility index (Phi) is 3.71. The van der Waals surface area contributed by atoms with Gasteiger partial charge in [0.25, 0.3) is 0 Å². The molecule has 2 unspecified atom stereocenters. The predicted octanol–water partition coefficient (Wildman–Crippen LogP) is -1.60. The third-order valence-electron chi connectivity index (χ3n) is 2.59.